The Balaban J connectivity index is 1.43. The summed E-state index contributed by atoms with van der Waals surface area (Å²) in [5, 5.41) is 4.57. The molecule has 2 saturated heterocycles. The van der Waals surface area contributed by atoms with Gasteiger partial charge in [0.1, 0.15) is 17.3 Å². The van der Waals surface area contributed by atoms with Crippen LogP contribution in [0.15, 0.2) is 61.1 Å². The van der Waals surface area contributed by atoms with E-state index in [0.29, 0.717) is 43.2 Å². The molecule has 2 aliphatic heterocycles. The van der Waals surface area contributed by atoms with Gasteiger partial charge in [0.25, 0.3) is 11.8 Å². The van der Waals surface area contributed by atoms with Crippen LogP contribution in [-0.2, 0) is 15.1 Å². The number of aromatic nitrogens is 2. The summed E-state index contributed by atoms with van der Waals surface area (Å²) in [7, 11) is 0. The van der Waals surface area contributed by atoms with E-state index in [1.165, 1.54) is 5.56 Å². The fourth-order valence-electron chi connectivity index (χ4n) is 4.66. The van der Waals surface area contributed by atoms with Crippen LogP contribution in [0.2, 0.25) is 0 Å². The van der Waals surface area contributed by atoms with Crippen molar-refractivity contribution in [1.82, 2.24) is 25.5 Å². The van der Waals surface area contributed by atoms with Crippen LogP contribution in [-0.4, -0.2) is 58.9 Å². The van der Waals surface area contributed by atoms with Crippen molar-refractivity contribution in [3.63, 3.8) is 0 Å². The second kappa shape index (κ2) is 9.38. The molecule has 0 radical (unpaired) electrons. The number of imide groups is 2. The molecule has 1 aromatic heterocycles. The molecule has 0 unspecified atom stereocenters. The van der Waals surface area contributed by atoms with E-state index in [2.05, 4.69) is 20.6 Å². The van der Waals surface area contributed by atoms with E-state index in [1.807, 2.05) is 36.9 Å². The van der Waals surface area contributed by atoms with Gasteiger partial charge in [0, 0.05) is 38.6 Å². The summed E-state index contributed by atoms with van der Waals surface area (Å²) in [5.74, 6) is 0.641. The fourth-order valence-corrected chi connectivity index (χ4v) is 4.66. The number of anilines is 1. The van der Waals surface area contributed by atoms with Crippen molar-refractivity contribution < 1.29 is 19.1 Å². The molecule has 2 fully saturated rings. The molecule has 3 aromatic rings. The number of amides is 4. The lowest BCUT2D eigenvalue weighted by Crippen LogP contribution is -2.73. The van der Waals surface area contributed by atoms with E-state index in [4.69, 9.17) is 4.74 Å². The number of carbonyl (C=O) groups is 3. The van der Waals surface area contributed by atoms with E-state index in [0.717, 1.165) is 11.4 Å². The molecular weight excluding hydrogens is 460 g/mol. The summed E-state index contributed by atoms with van der Waals surface area (Å²) in [5.41, 5.74) is 1.04. The molecule has 184 valence electrons. The Morgan fingerprint density at radius 3 is 2.11 bits per heavy atom. The van der Waals surface area contributed by atoms with Gasteiger partial charge in [0.15, 0.2) is 0 Å². The SMILES string of the molecule is Cc1ccc(Oc2ccc(C3(N4CCN(c5cnccn5)CC4)C(=O)NC(=O)NC3=O)cc2)cc1C. The van der Waals surface area contributed by atoms with Gasteiger partial charge in [0.2, 0.25) is 5.54 Å². The Morgan fingerprint density at radius 2 is 1.50 bits per heavy atom. The van der Waals surface area contributed by atoms with Gasteiger partial charge in [-0.1, -0.05) is 18.2 Å². The molecule has 0 saturated carbocycles. The first-order chi connectivity index (χ1) is 17.4. The smallest absolute Gasteiger partial charge is 0.328 e. The first kappa shape index (κ1) is 23.4. The number of nitrogens with one attached hydrogen (secondary N) is 2. The zero-order valence-corrected chi connectivity index (χ0v) is 20.0. The van der Waals surface area contributed by atoms with Gasteiger partial charge < -0.3 is 9.64 Å². The number of aryl methyl sites for hydroxylation is 2. The molecular formula is C26H26N6O4. The summed E-state index contributed by atoms with van der Waals surface area (Å²) < 4.78 is 5.98. The van der Waals surface area contributed by atoms with E-state index in [-0.39, 0.29) is 0 Å². The predicted octanol–water partition coefficient (Wildman–Crippen LogP) is 2.27. The number of benzene rings is 2. The first-order valence-corrected chi connectivity index (χ1v) is 11.7. The average molecular weight is 487 g/mol. The summed E-state index contributed by atoms with van der Waals surface area (Å²) in [4.78, 5) is 50.9. The molecule has 2 aromatic carbocycles. The van der Waals surface area contributed by atoms with Crippen molar-refractivity contribution in [2.75, 3.05) is 31.1 Å². The number of carbonyl (C=O) groups excluding carboxylic acids is 3. The summed E-state index contributed by atoms with van der Waals surface area (Å²) in [6.07, 6.45) is 4.91. The predicted molar refractivity (Wildman–Crippen MR) is 132 cm³/mol. The van der Waals surface area contributed by atoms with Crippen LogP contribution in [0.3, 0.4) is 0 Å². The lowest BCUT2D eigenvalue weighted by molar-refractivity contribution is -0.149. The zero-order valence-electron chi connectivity index (χ0n) is 20.0. The molecule has 0 spiro atoms. The number of hydrogen-bond acceptors (Lipinski definition) is 8. The second-order valence-electron chi connectivity index (χ2n) is 8.86. The molecule has 0 atom stereocenters. The highest BCUT2D eigenvalue weighted by atomic mass is 16.5. The van der Waals surface area contributed by atoms with E-state index in [9.17, 15) is 14.4 Å². The monoisotopic (exact) mass is 486 g/mol. The molecule has 0 bridgehead atoms. The van der Waals surface area contributed by atoms with Crippen molar-refractivity contribution in [3.8, 4) is 11.5 Å². The van der Waals surface area contributed by atoms with Crippen LogP contribution < -0.4 is 20.3 Å². The third kappa shape index (κ3) is 4.16. The van der Waals surface area contributed by atoms with Crippen LogP contribution in [0, 0.1) is 13.8 Å². The van der Waals surface area contributed by atoms with E-state index < -0.39 is 23.4 Å². The van der Waals surface area contributed by atoms with Crippen LogP contribution in [0.25, 0.3) is 0 Å². The van der Waals surface area contributed by atoms with Gasteiger partial charge in [-0.2, -0.15) is 0 Å². The maximum atomic E-state index is 13.3. The van der Waals surface area contributed by atoms with Crippen molar-refractivity contribution >= 4 is 23.7 Å². The van der Waals surface area contributed by atoms with Gasteiger partial charge in [-0.15, -0.1) is 0 Å². The number of nitrogens with zero attached hydrogens (tertiary/aromatic N) is 4. The molecule has 10 nitrogen and oxygen atoms in total. The molecule has 4 amide bonds. The lowest BCUT2D eigenvalue weighted by Gasteiger charge is -2.46. The zero-order chi connectivity index (χ0) is 25.3. The molecule has 0 aliphatic carbocycles. The molecule has 2 aliphatic rings. The number of piperazine rings is 1. The molecule has 36 heavy (non-hydrogen) atoms. The minimum atomic E-state index is -1.69. The van der Waals surface area contributed by atoms with Crippen molar-refractivity contribution in [3.05, 3.63) is 77.7 Å². The van der Waals surface area contributed by atoms with Gasteiger partial charge in [0.05, 0.1) is 6.20 Å². The van der Waals surface area contributed by atoms with E-state index >= 15 is 0 Å². The molecule has 10 heteroatoms. The summed E-state index contributed by atoms with van der Waals surface area (Å²) in [6.45, 7) is 5.90. The van der Waals surface area contributed by atoms with Crippen molar-refractivity contribution in [2.45, 2.75) is 19.4 Å². The van der Waals surface area contributed by atoms with Gasteiger partial charge in [-0.05, 0) is 54.8 Å². The third-order valence-corrected chi connectivity index (χ3v) is 6.73. The Labute approximate surface area is 208 Å². The molecule has 2 N–H and O–H groups in total. The summed E-state index contributed by atoms with van der Waals surface area (Å²) in [6, 6.07) is 11.8. The van der Waals surface area contributed by atoms with Crippen LogP contribution in [0.5, 0.6) is 11.5 Å². The number of hydrogen-bond donors (Lipinski definition) is 2. The standard InChI is InChI=1S/C26H26N6O4/c1-17-3-6-21(15-18(17)2)36-20-7-4-19(5-8-20)26(23(33)29-25(35)30-24(26)34)32-13-11-31(12-14-32)22-16-27-9-10-28-22/h3-10,15-16H,11-14H2,1-2H3,(H2,29,30,33,34,35). The highest BCUT2D eigenvalue weighted by Gasteiger charge is 2.56. The van der Waals surface area contributed by atoms with Gasteiger partial charge in [-0.3, -0.25) is 30.1 Å². The first-order valence-electron chi connectivity index (χ1n) is 11.7. The maximum Gasteiger partial charge on any atom is 0.328 e. The maximum absolute atomic E-state index is 13.3. The number of ether oxygens (including phenoxy) is 1. The summed E-state index contributed by atoms with van der Waals surface area (Å²) >= 11 is 0. The highest BCUT2D eigenvalue weighted by molar-refractivity contribution is 6.22. The number of barbiturate groups is 1. The van der Waals surface area contributed by atoms with Crippen LogP contribution in [0.4, 0.5) is 10.6 Å². The molecule has 3 heterocycles. The number of rotatable bonds is 5. The topological polar surface area (TPSA) is 117 Å². The van der Waals surface area contributed by atoms with Crippen molar-refractivity contribution in [1.29, 1.82) is 0 Å². The van der Waals surface area contributed by atoms with Gasteiger partial charge >= 0.3 is 6.03 Å². The minimum Gasteiger partial charge on any atom is -0.457 e. The lowest BCUT2D eigenvalue weighted by atomic mass is 9.84. The number of urea groups is 1. The normalized spacial score (nSPS) is 17.9. The third-order valence-electron chi connectivity index (χ3n) is 6.73. The molecule has 5 rings (SSSR count). The van der Waals surface area contributed by atoms with Crippen molar-refractivity contribution in [2.24, 2.45) is 0 Å². The Kier molecular flexibility index (Phi) is 6.11. The van der Waals surface area contributed by atoms with Crippen LogP contribution in [0.1, 0.15) is 16.7 Å². The van der Waals surface area contributed by atoms with Gasteiger partial charge in [-0.25, -0.2) is 9.78 Å². The largest absolute Gasteiger partial charge is 0.457 e. The van der Waals surface area contributed by atoms with Crippen LogP contribution >= 0.6 is 0 Å². The minimum absolute atomic E-state index is 0.395. The second-order valence-corrected chi connectivity index (χ2v) is 8.86. The average Bonchev–Trinajstić information content (AvgIpc) is 2.88. The van der Waals surface area contributed by atoms with E-state index in [1.54, 1.807) is 47.8 Å². The highest BCUT2D eigenvalue weighted by Crippen LogP contribution is 2.34. The quantitative estimate of drug-likeness (QED) is 0.528. The Bertz CT molecular complexity index is 1280. The Morgan fingerprint density at radius 1 is 0.833 bits per heavy atom. The Hall–Kier alpha value is -4.31. The fraction of sp³-hybridized carbons (Fsp3) is 0.269.